The molecule has 0 heterocycles. The second-order valence-corrected chi connectivity index (χ2v) is 6.45. The molecule has 0 bridgehead atoms. The van der Waals surface area contributed by atoms with Crippen LogP contribution >= 0.6 is 27.5 Å². The highest BCUT2D eigenvalue weighted by atomic mass is 79.9. The van der Waals surface area contributed by atoms with Crippen molar-refractivity contribution in [3.05, 3.63) is 69.2 Å². The summed E-state index contributed by atoms with van der Waals surface area (Å²) in [6.07, 6.45) is 3.63. The lowest BCUT2D eigenvalue weighted by molar-refractivity contribution is 0.794. The molecule has 2 aromatic rings. The fraction of sp³-hybridized carbons (Fsp3) is 0.333. The highest BCUT2D eigenvalue weighted by molar-refractivity contribution is 9.10. The fourth-order valence-electron chi connectivity index (χ4n) is 2.31. The summed E-state index contributed by atoms with van der Waals surface area (Å²) in [4.78, 5) is 0. The Morgan fingerprint density at radius 1 is 1.10 bits per heavy atom. The van der Waals surface area contributed by atoms with Crippen molar-refractivity contribution in [1.82, 2.24) is 0 Å². The minimum Gasteiger partial charge on any atom is -0.113 e. The molecule has 20 heavy (non-hydrogen) atoms. The van der Waals surface area contributed by atoms with Gasteiger partial charge in [0.15, 0.2) is 0 Å². The van der Waals surface area contributed by atoms with Crippen LogP contribution in [0.4, 0.5) is 0 Å². The summed E-state index contributed by atoms with van der Waals surface area (Å²) >= 11 is 10.2. The summed E-state index contributed by atoms with van der Waals surface area (Å²) in [6, 6.07) is 14.9. The lowest BCUT2D eigenvalue weighted by Crippen LogP contribution is -1.97. The molecule has 2 aromatic carbocycles. The normalized spacial score (nSPS) is 12.4. The van der Waals surface area contributed by atoms with E-state index in [0.29, 0.717) is 0 Å². The van der Waals surface area contributed by atoms with Gasteiger partial charge in [0, 0.05) is 4.47 Å². The van der Waals surface area contributed by atoms with Crippen LogP contribution in [0, 0.1) is 6.92 Å². The van der Waals surface area contributed by atoms with Gasteiger partial charge in [0.1, 0.15) is 0 Å². The van der Waals surface area contributed by atoms with Gasteiger partial charge < -0.3 is 0 Å². The van der Waals surface area contributed by atoms with Crippen molar-refractivity contribution in [3.63, 3.8) is 0 Å². The third kappa shape index (κ3) is 3.65. The molecule has 1 atom stereocenters. The van der Waals surface area contributed by atoms with Crippen molar-refractivity contribution in [2.24, 2.45) is 0 Å². The summed E-state index contributed by atoms with van der Waals surface area (Å²) in [5.41, 5.74) is 4.93. The number of halogens is 2. The summed E-state index contributed by atoms with van der Waals surface area (Å²) in [5, 5.41) is -0.0901. The van der Waals surface area contributed by atoms with E-state index in [0.717, 1.165) is 16.5 Å². The molecule has 0 aliphatic rings. The predicted molar refractivity (Wildman–Crippen MR) is 91.6 cm³/mol. The Kier molecular flexibility index (Phi) is 5.68. The van der Waals surface area contributed by atoms with Crippen LogP contribution < -0.4 is 0 Å². The van der Waals surface area contributed by atoms with E-state index >= 15 is 0 Å². The third-order valence-electron chi connectivity index (χ3n) is 3.67. The Labute approximate surface area is 135 Å². The molecule has 0 nitrogen and oxygen atoms in total. The lowest BCUT2D eigenvalue weighted by atomic mass is 9.98. The van der Waals surface area contributed by atoms with E-state index in [1.54, 1.807) is 0 Å². The molecule has 0 amide bonds. The number of aryl methyl sites for hydroxylation is 1. The van der Waals surface area contributed by atoms with Crippen molar-refractivity contribution in [2.75, 3.05) is 0 Å². The SMILES string of the molecule is CCCCc1ccc(C(Cl)c2cccc(Br)c2C)cc1. The molecular weight excluding hydrogens is 332 g/mol. The first-order valence-electron chi connectivity index (χ1n) is 7.11. The van der Waals surface area contributed by atoms with Crippen molar-refractivity contribution < 1.29 is 0 Å². The summed E-state index contributed by atoms with van der Waals surface area (Å²) in [5.74, 6) is 0. The summed E-state index contributed by atoms with van der Waals surface area (Å²) in [7, 11) is 0. The zero-order chi connectivity index (χ0) is 14.5. The van der Waals surface area contributed by atoms with Crippen LogP contribution in [0.3, 0.4) is 0 Å². The van der Waals surface area contributed by atoms with E-state index in [-0.39, 0.29) is 5.38 Å². The van der Waals surface area contributed by atoms with Crippen LogP contribution in [0.15, 0.2) is 46.9 Å². The second-order valence-electron chi connectivity index (χ2n) is 5.16. The second kappa shape index (κ2) is 7.28. The molecule has 2 rings (SSSR count). The molecule has 1 unspecified atom stereocenters. The Morgan fingerprint density at radius 3 is 2.45 bits per heavy atom. The molecule has 0 saturated carbocycles. The average Bonchev–Trinajstić information content (AvgIpc) is 2.48. The van der Waals surface area contributed by atoms with Gasteiger partial charge in [0.2, 0.25) is 0 Å². The highest BCUT2D eigenvalue weighted by Gasteiger charge is 2.14. The first-order valence-corrected chi connectivity index (χ1v) is 8.34. The average molecular weight is 352 g/mol. The van der Waals surface area contributed by atoms with E-state index in [2.05, 4.69) is 66.2 Å². The number of rotatable bonds is 5. The van der Waals surface area contributed by atoms with Gasteiger partial charge in [0.25, 0.3) is 0 Å². The predicted octanol–water partition coefficient (Wildman–Crippen LogP) is 6.43. The maximum atomic E-state index is 6.64. The monoisotopic (exact) mass is 350 g/mol. The summed E-state index contributed by atoms with van der Waals surface area (Å²) in [6.45, 7) is 4.32. The summed E-state index contributed by atoms with van der Waals surface area (Å²) < 4.78 is 1.11. The van der Waals surface area contributed by atoms with Gasteiger partial charge in [0.05, 0.1) is 5.38 Å². The van der Waals surface area contributed by atoms with Gasteiger partial charge in [-0.2, -0.15) is 0 Å². The Morgan fingerprint density at radius 2 is 1.80 bits per heavy atom. The molecule has 0 saturated heterocycles. The fourth-order valence-corrected chi connectivity index (χ4v) is 3.08. The van der Waals surface area contributed by atoms with Crippen LogP contribution in [0.2, 0.25) is 0 Å². The van der Waals surface area contributed by atoms with E-state index in [4.69, 9.17) is 11.6 Å². The van der Waals surface area contributed by atoms with Crippen molar-refractivity contribution in [1.29, 1.82) is 0 Å². The smallest absolute Gasteiger partial charge is 0.0838 e. The highest BCUT2D eigenvalue weighted by Crippen LogP contribution is 2.33. The Balaban J connectivity index is 2.20. The van der Waals surface area contributed by atoms with Gasteiger partial charge in [-0.1, -0.05) is 65.7 Å². The zero-order valence-electron chi connectivity index (χ0n) is 12.0. The molecule has 106 valence electrons. The lowest BCUT2D eigenvalue weighted by Gasteiger charge is -2.15. The molecular formula is C18H20BrCl. The van der Waals surface area contributed by atoms with Gasteiger partial charge >= 0.3 is 0 Å². The number of alkyl halides is 1. The molecule has 0 aliphatic carbocycles. The Hall–Kier alpha value is -0.790. The van der Waals surface area contributed by atoms with E-state index in [1.165, 1.54) is 29.5 Å². The molecule has 0 N–H and O–H groups in total. The topological polar surface area (TPSA) is 0 Å². The van der Waals surface area contributed by atoms with E-state index in [1.807, 2.05) is 6.07 Å². The molecule has 0 radical (unpaired) electrons. The Bertz CT molecular complexity index is 560. The molecule has 0 aromatic heterocycles. The molecule has 2 heteroatoms. The van der Waals surface area contributed by atoms with Crippen LogP contribution in [0.1, 0.15) is 47.4 Å². The van der Waals surface area contributed by atoms with Crippen LogP contribution in [0.25, 0.3) is 0 Å². The first kappa shape index (κ1) is 15.6. The maximum Gasteiger partial charge on any atom is 0.0838 e. The standard InChI is InChI=1S/C18H20BrCl/c1-3-4-6-14-9-11-15(12-10-14)18(20)16-7-5-8-17(19)13(16)2/h5,7-12,18H,3-4,6H2,1-2H3. The third-order valence-corrected chi connectivity index (χ3v) is 5.02. The van der Waals surface area contributed by atoms with Gasteiger partial charge in [-0.3, -0.25) is 0 Å². The minimum absolute atomic E-state index is 0.0901. The van der Waals surface area contributed by atoms with Crippen LogP contribution in [0.5, 0.6) is 0 Å². The number of benzene rings is 2. The van der Waals surface area contributed by atoms with Gasteiger partial charge in [-0.25, -0.2) is 0 Å². The molecule has 0 spiro atoms. The van der Waals surface area contributed by atoms with Crippen molar-refractivity contribution in [2.45, 2.75) is 38.5 Å². The maximum absolute atomic E-state index is 6.64. The van der Waals surface area contributed by atoms with E-state index in [9.17, 15) is 0 Å². The number of unbranched alkanes of at least 4 members (excludes halogenated alkanes) is 1. The quantitative estimate of drug-likeness (QED) is 0.545. The molecule has 0 aliphatic heterocycles. The first-order chi connectivity index (χ1) is 9.63. The van der Waals surface area contributed by atoms with Crippen LogP contribution in [-0.4, -0.2) is 0 Å². The van der Waals surface area contributed by atoms with Crippen LogP contribution in [-0.2, 0) is 6.42 Å². The van der Waals surface area contributed by atoms with Crippen molar-refractivity contribution in [3.8, 4) is 0 Å². The molecule has 0 fully saturated rings. The van der Waals surface area contributed by atoms with E-state index < -0.39 is 0 Å². The zero-order valence-corrected chi connectivity index (χ0v) is 14.3. The number of hydrogen-bond donors (Lipinski definition) is 0. The van der Waals surface area contributed by atoms with Gasteiger partial charge in [-0.05, 0) is 48.1 Å². The van der Waals surface area contributed by atoms with Gasteiger partial charge in [-0.15, -0.1) is 11.6 Å². The van der Waals surface area contributed by atoms with Crippen molar-refractivity contribution >= 4 is 27.5 Å². The largest absolute Gasteiger partial charge is 0.113 e. The minimum atomic E-state index is -0.0901. The number of hydrogen-bond acceptors (Lipinski definition) is 0.